The van der Waals surface area contributed by atoms with Crippen molar-refractivity contribution in [3.05, 3.63) is 94.0 Å². The van der Waals surface area contributed by atoms with Gasteiger partial charge in [-0.25, -0.2) is 5.43 Å². The lowest BCUT2D eigenvalue weighted by Gasteiger charge is -2.08. The average molecular weight is 457 g/mol. The molecule has 0 unspecified atom stereocenters. The molecule has 5 nitrogen and oxygen atoms in total. The van der Waals surface area contributed by atoms with Gasteiger partial charge in [0.05, 0.1) is 17.8 Å². The van der Waals surface area contributed by atoms with Crippen molar-refractivity contribution in [2.75, 3.05) is 6.61 Å². The zero-order chi connectivity index (χ0) is 21.9. The lowest BCUT2D eigenvalue weighted by molar-refractivity contribution is -0.121. The predicted molar refractivity (Wildman–Crippen MR) is 124 cm³/mol. The number of carbonyl (C=O) groups excluding carboxylic acids is 1. The Morgan fingerprint density at radius 2 is 1.81 bits per heavy atom. The number of nitrogens with zero attached hydrogens (tertiary/aromatic N) is 1. The monoisotopic (exact) mass is 456 g/mol. The Morgan fingerprint density at radius 1 is 0.968 bits per heavy atom. The fraction of sp³-hybridized carbons (Fsp3) is 0.167. The van der Waals surface area contributed by atoms with Crippen LogP contribution in [0.4, 0.5) is 0 Å². The summed E-state index contributed by atoms with van der Waals surface area (Å²) in [6.07, 6.45) is 2.39. The van der Waals surface area contributed by atoms with Crippen LogP contribution in [0.5, 0.6) is 11.5 Å². The van der Waals surface area contributed by atoms with Crippen LogP contribution >= 0.6 is 23.2 Å². The molecule has 0 radical (unpaired) electrons. The number of benzene rings is 3. The summed E-state index contributed by atoms with van der Waals surface area (Å²) < 4.78 is 11.4. The predicted octanol–water partition coefficient (Wildman–Crippen LogP) is 5.88. The zero-order valence-corrected chi connectivity index (χ0v) is 18.3. The van der Waals surface area contributed by atoms with E-state index in [0.717, 1.165) is 16.9 Å². The van der Waals surface area contributed by atoms with Crippen molar-refractivity contribution in [1.29, 1.82) is 0 Å². The van der Waals surface area contributed by atoms with Crippen molar-refractivity contribution in [2.24, 2.45) is 5.10 Å². The first kappa shape index (κ1) is 22.7. The minimum Gasteiger partial charge on any atom is -0.492 e. The van der Waals surface area contributed by atoms with E-state index in [1.165, 1.54) is 0 Å². The molecule has 160 valence electrons. The Morgan fingerprint density at radius 3 is 2.61 bits per heavy atom. The van der Waals surface area contributed by atoms with Crippen LogP contribution in [0, 0.1) is 0 Å². The average Bonchev–Trinajstić information content (AvgIpc) is 2.77. The smallest absolute Gasteiger partial charge is 0.240 e. The van der Waals surface area contributed by atoms with Crippen molar-refractivity contribution >= 4 is 35.3 Å². The van der Waals surface area contributed by atoms with Crippen LogP contribution in [0.2, 0.25) is 10.0 Å². The van der Waals surface area contributed by atoms with E-state index >= 15 is 0 Å². The van der Waals surface area contributed by atoms with E-state index in [9.17, 15) is 4.79 Å². The molecule has 3 aromatic carbocycles. The highest BCUT2D eigenvalue weighted by Gasteiger charge is 2.04. The molecule has 0 atom stereocenters. The molecular formula is C24H22Cl2N2O3. The van der Waals surface area contributed by atoms with Crippen LogP contribution in [0.1, 0.15) is 24.0 Å². The second kappa shape index (κ2) is 12.0. The molecule has 0 heterocycles. The Balaban J connectivity index is 1.38. The van der Waals surface area contributed by atoms with Crippen molar-refractivity contribution in [3.8, 4) is 11.5 Å². The summed E-state index contributed by atoms with van der Waals surface area (Å²) in [6, 6.07) is 22.5. The van der Waals surface area contributed by atoms with Crippen LogP contribution in [-0.2, 0) is 11.4 Å². The Bertz CT molecular complexity index is 1030. The normalized spacial score (nSPS) is 10.8. The molecule has 0 aliphatic heterocycles. The summed E-state index contributed by atoms with van der Waals surface area (Å²) in [6.45, 7) is 0.848. The summed E-state index contributed by atoms with van der Waals surface area (Å²) in [5.74, 6) is 1.08. The van der Waals surface area contributed by atoms with Crippen LogP contribution < -0.4 is 14.9 Å². The van der Waals surface area contributed by atoms with E-state index in [-0.39, 0.29) is 12.3 Å². The van der Waals surface area contributed by atoms with Crippen LogP contribution in [0.25, 0.3) is 0 Å². The topological polar surface area (TPSA) is 59.9 Å². The highest BCUT2D eigenvalue weighted by molar-refractivity contribution is 6.35. The van der Waals surface area contributed by atoms with Crippen molar-refractivity contribution in [1.82, 2.24) is 5.43 Å². The fourth-order valence-corrected chi connectivity index (χ4v) is 3.13. The maximum Gasteiger partial charge on any atom is 0.240 e. The first-order valence-corrected chi connectivity index (χ1v) is 10.5. The van der Waals surface area contributed by atoms with Gasteiger partial charge in [-0.2, -0.15) is 5.10 Å². The number of hydrogen-bond donors (Lipinski definition) is 1. The molecule has 0 aliphatic rings. The maximum absolute atomic E-state index is 11.9. The van der Waals surface area contributed by atoms with Crippen molar-refractivity contribution in [2.45, 2.75) is 19.4 Å². The number of amides is 1. The molecule has 0 aliphatic carbocycles. The SMILES string of the molecule is O=C(CCCOc1ccc(Cl)cc1Cl)N/N=C/c1cccc(OCc2ccccc2)c1. The third-order valence-electron chi connectivity index (χ3n) is 4.21. The summed E-state index contributed by atoms with van der Waals surface area (Å²) in [5, 5.41) is 4.99. The van der Waals surface area contributed by atoms with Gasteiger partial charge in [0.15, 0.2) is 0 Å². The molecule has 3 aromatic rings. The molecule has 3 rings (SSSR count). The highest BCUT2D eigenvalue weighted by atomic mass is 35.5. The lowest BCUT2D eigenvalue weighted by atomic mass is 10.2. The Kier molecular flexibility index (Phi) is 8.76. The van der Waals surface area contributed by atoms with E-state index in [1.807, 2.05) is 54.6 Å². The van der Waals surface area contributed by atoms with Gasteiger partial charge >= 0.3 is 0 Å². The van der Waals surface area contributed by atoms with E-state index in [0.29, 0.717) is 35.4 Å². The second-order valence-electron chi connectivity index (χ2n) is 6.67. The van der Waals surface area contributed by atoms with Gasteiger partial charge in [-0.15, -0.1) is 0 Å². The first-order valence-electron chi connectivity index (χ1n) is 9.77. The van der Waals surface area contributed by atoms with E-state index in [1.54, 1.807) is 24.4 Å². The molecule has 0 bridgehead atoms. The molecule has 0 aromatic heterocycles. The van der Waals surface area contributed by atoms with E-state index in [2.05, 4.69) is 10.5 Å². The molecule has 31 heavy (non-hydrogen) atoms. The number of carbonyl (C=O) groups is 1. The third-order valence-corrected chi connectivity index (χ3v) is 4.74. The third kappa shape index (κ3) is 7.96. The number of rotatable bonds is 10. The summed E-state index contributed by atoms with van der Waals surface area (Å²) >= 11 is 11.9. The van der Waals surface area contributed by atoms with E-state index < -0.39 is 0 Å². The molecule has 0 spiro atoms. The largest absolute Gasteiger partial charge is 0.492 e. The Hall–Kier alpha value is -3.02. The van der Waals surface area contributed by atoms with Gasteiger partial charge < -0.3 is 9.47 Å². The highest BCUT2D eigenvalue weighted by Crippen LogP contribution is 2.27. The molecule has 0 saturated carbocycles. The quantitative estimate of drug-likeness (QED) is 0.235. The molecule has 0 saturated heterocycles. The van der Waals surface area contributed by atoms with Crippen molar-refractivity contribution < 1.29 is 14.3 Å². The number of nitrogens with one attached hydrogen (secondary N) is 1. The molecule has 1 N–H and O–H groups in total. The number of hydrogen-bond acceptors (Lipinski definition) is 4. The van der Waals surface area contributed by atoms with Crippen molar-refractivity contribution in [3.63, 3.8) is 0 Å². The number of halogens is 2. The standard InChI is InChI=1S/C24H22Cl2N2O3/c25-20-11-12-23(22(26)15-20)30-13-5-10-24(29)28-27-16-19-8-4-9-21(14-19)31-17-18-6-2-1-3-7-18/h1-4,6-9,11-12,14-16H,5,10,13,17H2,(H,28,29)/b27-16+. The Labute approximate surface area is 191 Å². The van der Waals surface area contributed by atoms with Crippen LogP contribution in [0.15, 0.2) is 77.9 Å². The maximum atomic E-state index is 11.9. The number of hydrazone groups is 1. The van der Waals surface area contributed by atoms with Crippen LogP contribution in [-0.4, -0.2) is 18.7 Å². The second-order valence-corrected chi connectivity index (χ2v) is 7.51. The molecule has 1 amide bonds. The van der Waals surface area contributed by atoms with Gasteiger partial charge in [0.25, 0.3) is 0 Å². The van der Waals surface area contributed by atoms with Gasteiger partial charge in [0, 0.05) is 11.4 Å². The van der Waals surface area contributed by atoms with Gasteiger partial charge in [0.1, 0.15) is 18.1 Å². The number of ether oxygens (including phenoxy) is 2. The summed E-state index contributed by atoms with van der Waals surface area (Å²) in [5.41, 5.74) is 4.44. The minimum atomic E-state index is -0.196. The molecule has 0 fully saturated rings. The fourth-order valence-electron chi connectivity index (χ4n) is 2.67. The molecule has 7 heteroatoms. The van der Waals surface area contributed by atoms with Gasteiger partial charge in [-0.05, 0) is 47.9 Å². The van der Waals surface area contributed by atoms with Crippen LogP contribution in [0.3, 0.4) is 0 Å². The van der Waals surface area contributed by atoms with Gasteiger partial charge in [-0.3, -0.25) is 4.79 Å². The molecular weight excluding hydrogens is 435 g/mol. The minimum absolute atomic E-state index is 0.196. The zero-order valence-electron chi connectivity index (χ0n) is 16.8. The van der Waals surface area contributed by atoms with E-state index in [4.69, 9.17) is 32.7 Å². The first-order chi connectivity index (χ1) is 15.1. The lowest BCUT2D eigenvalue weighted by Crippen LogP contribution is -2.18. The van der Waals surface area contributed by atoms with Gasteiger partial charge in [-0.1, -0.05) is 65.7 Å². The van der Waals surface area contributed by atoms with Gasteiger partial charge in [0.2, 0.25) is 5.91 Å². The summed E-state index contributed by atoms with van der Waals surface area (Å²) in [7, 11) is 0. The summed E-state index contributed by atoms with van der Waals surface area (Å²) in [4.78, 5) is 11.9.